The minimum atomic E-state index is -0.876. The van der Waals surface area contributed by atoms with Crippen LogP contribution in [0.1, 0.15) is 25.7 Å². The third kappa shape index (κ3) is 4.81. The molecule has 1 amide bonds. The molecule has 1 rings (SSSR count). The first-order valence-electron chi connectivity index (χ1n) is 5.85. The van der Waals surface area contributed by atoms with E-state index < -0.39 is 5.97 Å². The monoisotopic (exact) mass is 257 g/mol. The number of carbonyl (C=O) groups is 2. The topological polar surface area (TPSA) is 57.6 Å². The van der Waals surface area contributed by atoms with Crippen molar-refractivity contribution >= 4 is 23.6 Å². The molecule has 1 saturated carbocycles. The predicted molar refractivity (Wildman–Crippen MR) is 69.1 cm³/mol. The summed E-state index contributed by atoms with van der Waals surface area (Å²) in [5.41, 5.74) is 0. The highest BCUT2D eigenvalue weighted by Crippen LogP contribution is 2.24. The van der Waals surface area contributed by atoms with E-state index in [-0.39, 0.29) is 17.4 Å². The minimum Gasteiger partial charge on any atom is -0.481 e. The highest BCUT2D eigenvalue weighted by atomic mass is 32.2. The first-order valence-corrected chi connectivity index (χ1v) is 7.00. The molecule has 0 aromatic rings. The molecule has 0 radical (unpaired) electrons. The van der Waals surface area contributed by atoms with Crippen LogP contribution < -0.4 is 0 Å². The molecule has 96 valence electrons. The van der Waals surface area contributed by atoms with E-state index in [1.165, 1.54) is 12.8 Å². The second-order valence-electron chi connectivity index (χ2n) is 4.16. The van der Waals surface area contributed by atoms with Crippen LogP contribution in [0.3, 0.4) is 0 Å². The summed E-state index contributed by atoms with van der Waals surface area (Å²) in [6, 6.07) is 0.325. The van der Waals surface area contributed by atoms with E-state index in [1.807, 2.05) is 4.90 Å². The van der Waals surface area contributed by atoms with Crippen molar-refractivity contribution in [2.75, 3.05) is 18.1 Å². The summed E-state index contributed by atoms with van der Waals surface area (Å²) < 4.78 is 0. The Balaban J connectivity index is 2.42. The zero-order chi connectivity index (χ0) is 12.7. The summed E-state index contributed by atoms with van der Waals surface area (Å²) in [6.07, 6.45) is 6.20. The number of carboxylic acids is 1. The minimum absolute atomic E-state index is 0.0155. The van der Waals surface area contributed by atoms with Gasteiger partial charge >= 0.3 is 5.97 Å². The quantitative estimate of drug-likeness (QED) is 0.706. The van der Waals surface area contributed by atoms with Gasteiger partial charge in [-0.15, -0.1) is 18.3 Å². The van der Waals surface area contributed by atoms with Gasteiger partial charge in [0, 0.05) is 12.6 Å². The Morgan fingerprint density at radius 2 is 2.00 bits per heavy atom. The maximum Gasteiger partial charge on any atom is 0.313 e. The van der Waals surface area contributed by atoms with Crippen LogP contribution in [0, 0.1) is 0 Å². The van der Waals surface area contributed by atoms with Crippen molar-refractivity contribution in [2.45, 2.75) is 31.7 Å². The maximum absolute atomic E-state index is 12.0. The van der Waals surface area contributed by atoms with Crippen molar-refractivity contribution in [3.8, 4) is 0 Å². The third-order valence-corrected chi connectivity index (χ3v) is 3.76. The van der Waals surface area contributed by atoms with E-state index in [9.17, 15) is 9.59 Å². The second kappa shape index (κ2) is 7.37. The first-order chi connectivity index (χ1) is 8.15. The van der Waals surface area contributed by atoms with Gasteiger partial charge in [-0.05, 0) is 12.8 Å². The average Bonchev–Trinajstić information content (AvgIpc) is 2.78. The van der Waals surface area contributed by atoms with Gasteiger partial charge in [0.2, 0.25) is 5.91 Å². The van der Waals surface area contributed by atoms with Gasteiger partial charge in [0.25, 0.3) is 0 Å². The zero-order valence-electron chi connectivity index (χ0n) is 9.93. The Labute approximate surface area is 106 Å². The van der Waals surface area contributed by atoms with Crippen LogP contribution in [-0.4, -0.2) is 46.0 Å². The smallest absolute Gasteiger partial charge is 0.313 e. The number of carbonyl (C=O) groups excluding carboxylic acids is 1. The van der Waals surface area contributed by atoms with Crippen molar-refractivity contribution in [3.05, 3.63) is 12.7 Å². The van der Waals surface area contributed by atoms with Crippen molar-refractivity contribution in [1.29, 1.82) is 0 Å². The molecule has 0 atom stereocenters. The molecule has 1 aliphatic rings. The SMILES string of the molecule is C=CCN(C(=O)CSCC(=O)O)C1CCCC1. The highest BCUT2D eigenvalue weighted by molar-refractivity contribution is 8.00. The summed E-state index contributed by atoms with van der Waals surface area (Å²) in [5.74, 6) is -0.614. The van der Waals surface area contributed by atoms with Gasteiger partial charge in [0.1, 0.15) is 0 Å². The van der Waals surface area contributed by atoms with Crippen LogP contribution in [0.2, 0.25) is 0 Å². The molecule has 0 aromatic carbocycles. The van der Waals surface area contributed by atoms with Gasteiger partial charge in [-0.2, -0.15) is 0 Å². The molecule has 1 fully saturated rings. The fourth-order valence-corrected chi connectivity index (χ4v) is 2.74. The van der Waals surface area contributed by atoms with Crippen LogP contribution in [0.15, 0.2) is 12.7 Å². The molecule has 1 N–H and O–H groups in total. The highest BCUT2D eigenvalue weighted by Gasteiger charge is 2.25. The number of thioether (sulfide) groups is 1. The standard InChI is InChI=1S/C12H19NO3S/c1-2-7-13(10-5-3-4-6-10)11(14)8-17-9-12(15)16/h2,10H,1,3-9H2,(H,15,16). The van der Waals surface area contributed by atoms with Crippen molar-refractivity contribution in [1.82, 2.24) is 4.90 Å². The van der Waals surface area contributed by atoms with E-state index in [0.717, 1.165) is 24.6 Å². The summed E-state index contributed by atoms with van der Waals surface area (Å²) >= 11 is 1.16. The van der Waals surface area contributed by atoms with Crippen LogP contribution in [-0.2, 0) is 9.59 Å². The molecule has 17 heavy (non-hydrogen) atoms. The van der Waals surface area contributed by atoms with E-state index in [0.29, 0.717) is 12.6 Å². The molecule has 0 unspecified atom stereocenters. The normalized spacial score (nSPS) is 15.8. The van der Waals surface area contributed by atoms with E-state index in [2.05, 4.69) is 6.58 Å². The molecule has 0 aromatic heterocycles. The number of hydrogen-bond acceptors (Lipinski definition) is 3. The van der Waals surface area contributed by atoms with Crippen molar-refractivity contribution in [3.63, 3.8) is 0 Å². The summed E-state index contributed by atoms with van der Waals surface area (Å²) in [6.45, 7) is 4.23. The van der Waals surface area contributed by atoms with Gasteiger partial charge in [0.15, 0.2) is 0 Å². The van der Waals surface area contributed by atoms with Crippen LogP contribution >= 0.6 is 11.8 Å². The predicted octanol–water partition coefficient (Wildman–Crippen LogP) is 1.76. The lowest BCUT2D eigenvalue weighted by molar-refractivity contribution is -0.133. The first kappa shape index (κ1) is 14.1. The van der Waals surface area contributed by atoms with Crippen molar-refractivity contribution < 1.29 is 14.7 Å². The summed E-state index contributed by atoms with van der Waals surface area (Å²) in [4.78, 5) is 24.2. The largest absolute Gasteiger partial charge is 0.481 e. The second-order valence-corrected chi connectivity index (χ2v) is 5.15. The Kier molecular flexibility index (Phi) is 6.11. The summed E-state index contributed by atoms with van der Waals surface area (Å²) in [7, 11) is 0. The number of rotatable bonds is 7. The Morgan fingerprint density at radius 1 is 1.35 bits per heavy atom. The third-order valence-electron chi connectivity index (χ3n) is 2.86. The fourth-order valence-electron chi connectivity index (χ4n) is 2.12. The number of aliphatic carboxylic acids is 1. The van der Waals surface area contributed by atoms with E-state index in [4.69, 9.17) is 5.11 Å². The lowest BCUT2D eigenvalue weighted by Gasteiger charge is -2.27. The molecule has 0 saturated heterocycles. The van der Waals surface area contributed by atoms with Crippen LogP contribution in [0.5, 0.6) is 0 Å². The molecule has 0 aliphatic heterocycles. The number of carboxylic acid groups (broad SMARTS) is 1. The molecule has 0 spiro atoms. The van der Waals surface area contributed by atoms with Gasteiger partial charge in [-0.25, -0.2) is 0 Å². The summed E-state index contributed by atoms with van der Waals surface area (Å²) in [5, 5.41) is 8.52. The molecular formula is C12H19NO3S. The molecule has 1 aliphatic carbocycles. The molecule has 5 heteroatoms. The van der Waals surface area contributed by atoms with Gasteiger partial charge < -0.3 is 10.0 Å². The maximum atomic E-state index is 12.0. The molecule has 0 heterocycles. The molecule has 0 bridgehead atoms. The van der Waals surface area contributed by atoms with E-state index in [1.54, 1.807) is 6.08 Å². The lowest BCUT2D eigenvalue weighted by atomic mass is 10.2. The van der Waals surface area contributed by atoms with Gasteiger partial charge in [-0.3, -0.25) is 9.59 Å². The van der Waals surface area contributed by atoms with Gasteiger partial charge in [-0.1, -0.05) is 18.9 Å². The zero-order valence-corrected chi connectivity index (χ0v) is 10.7. The van der Waals surface area contributed by atoms with Crippen LogP contribution in [0.25, 0.3) is 0 Å². The average molecular weight is 257 g/mol. The van der Waals surface area contributed by atoms with Crippen molar-refractivity contribution in [2.24, 2.45) is 0 Å². The number of amides is 1. The number of hydrogen-bond donors (Lipinski definition) is 1. The fraction of sp³-hybridized carbons (Fsp3) is 0.667. The molecular weight excluding hydrogens is 238 g/mol. The Bertz CT molecular complexity index is 287. The molecule has 4 nitrogen and oxygen atoms in total. The Morgan fingerprint density at radius 3 is 2.53 bits per heavy atom. The lowest BCUT2D eigenvalue weighted by Crippen LogP contribution is -2.40. The van der Waals surface area contributed by atoms with Gasteiger partial charge in [0.05, 0.1) is 11.5 Å². The van der Waals surface area contributed by atoms with Crippen LogP contribution in [0.4, 0.5) is 0 Å². The van der Waals surface area contributed by atoms with E-state index >= 15 is 0 Å². The number of nitrogens with zero attached hydrogens (tertiary/aromatic N) is 1. The Hall–Kier alpha value is -0.970.